The Balaban J connectivity index is 2.11. The van der Waals surface area contributed by atoms with Crippen LogP contribution in [0.5, 0.6) is 0 Å². The van der Waals surface area contributed by atoms with Crippen molar-refractivity contribution in [2.24, 2.45) is 5.92 Å². The fraction of sp³-hybridized carbons (Fsp3) is 0.600. The third-order valence-electron chi connectivity index (χ3n) is 3.81. The minimum atomic E-state index is 0.770. The van der Waals surface area contributed by atoms with Gasteiger partial charge in [-0.05, 0) is 61.7 Å². The molecule has 1 aliphatic heterocycles. The average molecular weight is 249 g/mol. The predicted octanol–water partition coefficient (Wildman–Crippen LogP) is 3.90. The van der Waals surface area contributed by atoms with Gasteiger partial charge in [-0.25, -0.2) is 0 Å². The molecule has 1 aromatic rings. The number of nitrogens with one attached hydrogen (secondary N) is 1. The third-order valence-corrected chi connectivity index (χ3v) is 4.55. The Morgan fingerprint density at radius 3 is 2.71 bits per heavy atom. The maximum Gasteiger partial charge on any atom is 0.00693 e. The third kappa shape index (κ3) is 3.26. The molecule has 2 heteroatoms. The van der Waals surface area contributed by atoms with Crippen molar-refractivity contribution in [2.45, 2.75) is 37.0 Å². The smallest absolute Gasteiger partial charge is 0.00693 e. The van der Waals surface area contributed by atoms with Crippen molar-refractivity contribution in [1.29, 1.82) is 0 Å². The number of hydrogen-bond acceptors (Lipinski definition) is 2. The highest BCUT2D eigenvalue weighted by atomic mass is 32.2. The van der Waals surface area contributed by atoms with Crippen LogP contribution < -0.4 is 5.32 Å². The van der Waals surface area contributed by atoms with Gasteiger partial charge in [-0.1, -0.05) is 25.5 Å². The zero-order chi connectivity index (χ0) is 12.1. The van der Waals surface area contributed by atoms with Crippen LogP contribution in [0.1, 0.15) is 37.7 Å². The van der Waals surface area contributed by atoms with E-state index in [0.717, 1.165) is 11.8 Å². The van der Waals surface area contributed by atoms with Gasteiger partial charge >= 0.3 is 0 Å². The van der Waals surface area contributed by atoms with Gasteiger partial charge in [-0.3, -0.25) is 0 Å². The molecule has 0 radical (unpaired) electrons. The first-order valence-corrected chi connectivity index (χ1v) is 7.92. The molecule has 0 spiro atoms. The highest BCUT2D eigenvalue weighted by Gasteiger charge is 2.25. The molecular formula is C15H23NS. The molecule has 1 nitrogen and oxygen atoms in total. The maximum atomic E-state index is 3.54. The molecule has 17 heavy (non-hydrogen) atoms. The minimum Gasteiger partial charge on any atom is -0.316 e. The zero-order valence-corrected chi connectivity index (χ0v) is 11.7. The first-order valence-electron chi connectivity index (χ1n) is 6.69. The summed E-state index contributed by atoms with van der Waals surface area (Å²) in [5.41, 5.74) is 1.54. The second-order valence-corrected chi connectivity index (χ2v) is 5.80. The van der Waals surface area contributed by atoms with Crippen molar-refractivity contribution in [1.82, 2.24) is 5.32 Å². The van der Waals surface area contributed by atoms with Crippen LogP contribution in [0.15, 0.2) is 29.2 Å². The van der Waals surface area contributed by atoms with E-state index in [1.165, 1.54) is 37.2 Å². The van der Waals surface area contributed by atoms with Crippen LogP contribution in [-0.2, 0) is 0 Å². The summed E-state index contributed by atoms with van der Waals surface area (Å²) in [5, 5.41) is 3.54. The molecule has 0 bridgehead atoms. The number of benzene rings is 1. The fourth-order valence-electron chi connectivity index (χ4n) is 2.89. The van der Waals surface area contributed by atoms with Crippen LogP contribution in [0.2, 0.25) is 0 Å². The number of rotatable bonds is 4. The van der Waals surface area contributed by atoms with Gasteiger partial charge in [0.15, 0.2) is 0 Å². The van der Waals surface area contributed by atoms with Crippen molar-refractivity contribution >= 4 is 11.8 Å². The Kier molecular flexibility index (Phi) is 4.93. The van der Waals surface area contributed by atoms with Crippen molar-refractivity contribution < 1.29 is 0 Å². The maximum absolute atomic E-state index is 3.54. The highest BCUT2D eigenvalue weighted by Crippen LogP contribution is 2.33. The Morgan fingerprint density at radius 1 is 1.29 bits per heavy atom. The fourth-order valence-corrected chi connectivity index (χ4v) is 3.30. The van der Waals surface area contributed by atoms with E-state index in [0.29, 0.717) is 0 Å². The van der Waals surface area contributed by atoms with Crippen molar-refractivity contribution in [3.05, 3.63) is 29.8 Å². The summed E-state index contributed by atoms with van der Waals surface area (Å²) in [4.78, 5) is 1.37. The molecule has 2 atom stereocenters. The summed E-state index contributed by atoms with van der Waals surface area (Å²) in [6.07, 6.45) is 6.08. The van der Waals surface area contributed by atoms with Crippen LogP contribution in [0, 0.1) is 5.92 Å². The normalized spacial score (nSPS) is 24.8. The van der Waals surface area contributed by atoms with Gasteiger partial charge in [-0.2, -0.15) is 0 Å². The van der Waals surface area contributed by atoms with Crippen LogP contribution in [0.4, 0.5) is 0 Å². The summed E-state index contributed by atoms with van der Waals surface area (Å²) in [6.45, 7) is 4.67. The van der Waals surface area contributed by atoms with Gasteiger partial charge in [-0.15, -0.1) is 11.8 Å². The van der Waals surface area contributed by atoms with Crippen molar-refractivity contribution in [2.75, 3.05) is 19.3 Å². The lowest BCUT2D eigenvalue weighted by atomic mass is 9.79. The van der Waals surface area contributed by atoms with E-state index in [1.807, 2.05) is 11.8 Å². The van der Waals surface area contributed by atoms with Gasteiger partial charge in [0.2, 0.25) is 0 Å². The molecule has 2 unspecified atom stereocenters. The largest absolute Gasteiger partial charge is 0.316 e. The molecule has 1 fully saturated rings. The lowest BCUT2D eigenvalue weighted by molar-refractivity contribution is 0.306. The van der Waals surface area contributed by atoms with Gasteiger partial charge in [0.05, 0.1) is 0 Å². The average Bonchev–Trinajstić information content (AvgIpc) is 2.40. The van der Waals surface area contributed by atoms with Gasteiger partial charge in [0, 0.05) is 4.90 Å². The van der Waals surface area contributed by atoms with Gasteiger partial charge < -0.3 is 5.32 Å². The Morgan fingerprint density at radius 2 is 2.06 bits per heavy atom. The van der Waals surface area contributed by atoms with E-state index >= 15 is 0 Å². The molecule has 0 aromatic heterocycles. The van der Waals surface area contributed by atoms with E-state index in [4.69, 9.17) is 0 Å². The molecule has 94 valence electrons. The standard InChI is InChI=1S/C15H23NS/c1-3-4-13-11-16-10-9-15(13)12-5-7-14(17-2)8-6-12/h5-8,13,15-16H,3-4,9-11H2,1-2H3. The van der Waals surface area contributed by atoms with Crippen LogP contribution in [0.3, 0.4) is 0 Å². The summed E-state index contributed by atoms with van der Waals surface area (Å²) in [6, 6.07) is 9.21. The van der Waals surface area contributed by atoms with Gasteiger partial charge in [0.1, 0.15) is 0 Å². The van der Waals surface area contributed by atoms with Crippen LogP contribution in [-0.4, -0.2) is 19.3 Å². The Hall–Kier alpha value is -0.470. The minimum absolute atomic E-state index is 0.770. The molecule has 1 aromatic carbocycles. The Labute approximate surface area is 109 Å². The van der Waals surface area contributed by atoms with Crippen LogP contribution in [0.25, 0.3) is 0 Å². The first-order chi connectivity index (χ1) is 8.35. The number of thioether (sulfide) groups is 1. The monoisotopic (exact) mass is 249 g/mol. The van der Waals surface area contributed by atoms with E-state index in [-0.39, 0.29) is 0 Å². The molecule has 0 aliphatic carbocycles. The molecule has 0 saturated carbocycles. The molecule has 1 N–H and O–H groups in total. The van der Waals surface area contributed by atoms with Crippen molar-refractivity contribution in [3.8, 4) is 0 Å². The van der Waals surface area contributed by atoms with E-state index in [9.17, 15) is 0 Å². The molecule has 2 rings (SSSR count). The zero-order valence-electron chi connectivity index (χ0n) is 10.9. The summed E-state index contributed by atoms with van der Waals surface area (Å²) in [7, 11) is 0. The second-order valence-electron chi connectivity index (χ2n) is 4.92. The summed E-state index contributed by atoms with van der Waals surface area (Å²) < 4.78 is 0. The Bertz CT molecular complexity index is 331. The topological polar surface area (TPSA) is 12.0 Å². The lowest BCUT2D eigenvalue weighted by Gasteiger charge is -2.32. The number of piperidine rings is 1. The number of hydrogen-bond donors (Lipinski definition) is 1. The molecule has 1 saturated heterocycles. The lowest BCUT2D eigenvalue weighted by Crippen LogP contribution is -2.35. The van der Waals surface area contributed by atoms with E-state index in [1.54, 1.807) is 5.56 Å². The highest BCUT2D eigenvalue weighted by molar-refractivity contribution is 7.98. The molecule has 1 heterocycles. The molecular weight excluding hydrogens is 226 g/mol. The van der Waals surface area contributed by atoms with E-state index < -0.39 is 0 Å². The quantitative estimate of drug-likeness (QED) is 0.812. The summed E-state index contributed by atoms with van der Waals surface area (Å²) in [5.74, 6) is 1.60. The molecule has 0 amide bonds. The van der Waals surface area contributed by atoms with E-state index in [2.05, 4.69) is 42.8 Å². The molecule has 1 aliphatic rings. The summed E-state index contributed by atoms with van der Waals surface area (Å²) >= 11 is 1.82. The van der Waals surface area contributed by atoms with Gasteiger partial charge in [0.25, 0.3) is 0 Å². The second kappa shape index (κ2) is 6.46. The SMILES string of the molecule is CCCC1CNCCC1c1ccc(SC)cc1. The van der Waals surface area contributed by atoms with Crippen LogP contribution >= 0.6 is 11.8 Å². The first kappa shape index (κ1) is 13.0. The predicted molar refractivity (Wildman–Crippen MR) is 76.8 cm³/mol. The van der Waals surface area contributed by atoms with Crippen molar-refractivity contribution in [3.63, 3.8) is 0 Å².